The molecule has 0 atom stereocenters. The summed E-state index contributed by atoms with van der Waals surface area (Å²) in [5.74, 6) is 0. The first kappa shape index (κ1) is 16.0. The molecule has 0 radical (unpaired) electrons. The van der Waals surface area contributed by atoms with Crippen LogP contribution in [0.25, 0.3) is 0 Å². The second kappa shape index (κ2) is 7.09. The van der Waals surface area contributed by atoms with Crippen molar-refractivity contribution in [3.05, 3.63) is 35.4 Å². The molecule has 1 aliphatic rings. The minimum atomic E-state index is -3.47. The summed E-state index contributed by atoms with van der Waals surface area (Å²) in [6.07, 6.45) is 8.52. The number of anilines is 1. The maximum Gasteiger partial charge on any atom is 0.240 e. The lowest BCUT2D eigenvalue weighted by Crippen LogP contribution is -2.25. The predicted octanol–water partition coefficient (Wildman–Crippen LogP) is 3.00. The van der Waals surface area contributed by atoms with Gasteiger partial charge >= 0.3 is 0 Å². The Morgan fingerprint density at radius 1 is 1.29 bits per heavy atom. The zero-order valence-corrected chi connectivity index (χ0v) is 13.4. The van der Waals surface area contributed by atoms with Crippen LogP contribution in [0.15, 0.2) is 34.7 Å². The highest BCUT2D eigenvalue weighted by Gasteiger charge is 2.15. The van der Waals surface area contributed by atoms with E-state index in [1.165, 1.54) is 18.4 Å². The van der Waals surface area contributed by atoms with Crippen molar-refractivity contribution < 1.29 is 8.42 Å². The highest BCUT2D eigenvalue weighted by molar-refractivity contribution is 7.89. The molecular weight excluding hydrogens is 284 g/mol. The van der Waals surface area contributed by atoms with Crippen molar-refractivity contribution in [2.24, 2.45) is 0 Å². The monoisotopic (exact) mass is 308 g/mol. The molecule has 0 saturated heterocycles. The molecule has 0 spiro atoms. The number of allylic oxidation sites excluding steroid dienone is 1. The number of nitrogen functional groups attached to an aromatic ring is 1. The third-order valence-electron chi connectivity index (χ3n) is 3.93. The van der Waals surface area contributed by atoms with Crippen LogP contribution >= 0.6 is 0 Å². The van der Waals surface area contributed by atoms with Gasteiger partial charge in [-0.2, -0.15) is 0 Å². The number of nitrogens with two attached hydrogens (primary N) is 1. The summed E-state index contributed by atoms with van der Waals surface area (Å²) in [4.78, 5) is 0.245. The molecule has 0 unspecified atom stereocenters. The van der Waals surface area contributed by atoms with Crippen molar-refractivity contribution in [3.8, 4) is 0 Å². The average molecular weight is 308 g/mol. The van der Waals surface area contributed by atoms with Crippen LogP contribution < -0.4 is 10.5 Å². The zero-order valence-electron chi connectivity index (χ0n) is 12.6. The van der Waals surface area contributed by atoms with Crippen LogP contribution in [0.1, 0.15) is 44.6 Å². The topological polar surface area (TPSA) is 72.2 Å². The molecule has 116 valence electrons. The van der Waals surface area contributed by atoms with Crippen molar-refractivity contribution in [3.63, 3.8) is 0 Å². The third-order valence-corrected chi connectivity index (χ3v) is 5.39. The lowest BCUT2D eigenvalue weighted by Gasteiger charge is -2.13. The normalized spacial score (nSPS) is 15.8. The van der Waals surface area contributed by atoms with E-state index in [9.17, 15) is 8.42 Å². The summed E-state index contributed by atoms with van der Waals surface area (Å²) in [5, 5.41) is 0. The molecule has 0 fully saturated rings. The van der Waals surface area contributed by atoms with E-state index in [2.05, 4.69) is 10.8 Å². The van der Waals surface area contributed by atoms with Gasteiger partial charge in [0.15, 0.2) is 0 Å². The van der Waals surface area contributed by atoms with Crippen LogP contribution in [0.4, 0.5) is 5.69 Å². The third kappa shape index (κ3) is 4.32. The van der Waals surface area contributed by atoms with Gasteiger partial charge in [0.25, 0.3) is 0 Å². The number of rotatable bonds is 6. The standard InChI is InChI=1S/C16H24N2O2S/c1-2-14-8-9-15(12-16(14)17)21(19,20)18-11-10-13-6-4-3-5-7-13/h6,8-9,12,18H,2-5,7,10-11,17H2,1H3. The van der Waals surface area contributed by atoms with Crippen molar-refractivity contribution in [1.82, 2.24) is 4.72 Å². The van der Waals surface area contributed by atoms with Crippen molar-refractivity contribution in [2.75, 3.05) is 12.3 Å². The van der Waals surface area contributed by atoms with Crippen molar-refractivity contribution in [1.29, 1.82) is 0 Å². The van der Waals surface area contributed by atoms with E-state index in [0.29, 0.717) is 12.2 Å². The average Bonchev–Trinajstić information content (AvgIpc) is 2.48. The smallest absolute Gasteiger partial charge is 0.240 e. The quantitative estimate of drug-likeness (QED) is 0.627. The van der Waals surface area contributed by atoms with Gasteiger partial charge in [-0.15, -0.1) is 0 Å². The molecule has 0 aliphatic heterocycles. The Morgan fingerprint density at radius 2 is 2.10 bits per heavy atom. The van der Waals surface area contributed by atoms with Crippen LogP contribution in [0, 0.1) is 0 Å². The molecule has 0 saturated carbocycles. The summed E-state index contributed by atoms with van der Waals surface area (Å²) in [5.41, 5.74) is 8.75. The van der Waals surface area contributed by atoms with Gasteiger partial charge in [-0.3, -0.25) is 0 Å². The highest BCUT2D eigenvalue weighted by Crippen LogP contribution is 2.21. The van der Waals surface area contributed by atoms with Crippen LogP contribution in [0.2, 0.25) is 0 Å². The minimum Gasteiger partial charge on any atom is -0.398 e. The fourth-order valence-corrected chi connectivity index (χ4v) is 3.69. The first-order valence-corrected chi connectivity index (χ1v) is 9.07. The Morgan fingerprint density at radius 3 is 2.71 bits per heavy atom. The van der Waals surface area contributed by atoms with Crippen LogP contribution in [-0.2, 0) is 16.4 Å². The lowest BCUT2D eigenvalue weighted by atomic mass is 9.97. The van der Waals surface area contributed by atoms with Crippen molar-refractivity contribution >= 4 is 15.7 Å². The Labute approximate surface area is 127 Å². The number of benzene rings is 1. The highest BCUT2D eigenvalue weighted by atomic mass is 32.2. The number of hydrogen-bond acceptors (Lipinski definition) is 3. The molecule has 0 bridgehead atoms. The summed E-state index contributed by atoms with van der Waals surface area (Å²) >= 11 is 0. The molecule has 4 nitrogen and oxygen atoms in total. The largest absolute Gasteiger partial charge is 0.398 e. The van der Waals surface area contributed by atoms with E-state index in [-0.39, 0.29) is 4.90 Å². The molecule has 21 heavy (non-hydrogen) atoms. The molecule has 1 aromatic carbocycles. The summed E-state index contributed by atoms with van der Waals surface area (Å²) in [6, 6.07) is 4.95. The minimum absolute atomic E-state index is 0.245. The van der Waals surface area contributed by atoms with Gasteiger partial charge in [0.2, 0.25) is 10.0 Å². The van der Waals surface area contributed by atoms with E-state index >= 15 is 0 Å². The number of sulfonamides is 1. The van der Waals surface area contributed by atoms with Crippen LogP contribution in [-0.4, -0.2) is 15.0 Å². The first-order chi connectivity index (χ1) is 10.0. The fraction of sp³-hybridized carbons (Fsp3) is 0.500. The summed E-state index contributed by atoms with van der Waals surface area (Å²) in [6.45, 7) is 2.44. The van der Waals surface area contributed by atoms with Crippen LogP contribution in [0.3, 0.4) is 0 Å². The molecule has 0 amide bonds. The molecule has 3 N–H and O–H groups in total. The van der Waals surface area contributed by atoms with E-state index < -0.39 is 10.0 Å². The molecule has 1 aromatic rings. The Bertz CT molecular complexity index is 621. The molecule has 5 heteroatoms. The van der Waals surface area contributed by atoms with E-state index in [1.807, 2.05) is 6.92 Å². The first-order valence-electron chi connectivity index (χ1n) is 7.59. The van der Waals surface area contributed by atoms with E-state index in [0.717, 1.165) is 31.2 Å². The zero-order chi connectivity index (χ0) is 15.3. The van der Waals surface area contributed by atoms with Gasteiger partial charge in [0.1, 0.15) is 0 Å². The molecule has 2 rings (SSSR count). The second-order valence-electron chi connectivity index (χ2n) is 5.47. The summed E-state index contributed by atoms with van der Waals surface area (Å²) < 4.78 is 27.1. The van der Waals surface area contributed by atoms with E-state index in [4.69, 9.17) is 5.73 Å². The van der Waals surface area contributed by atoms with Gasteiger partial charge in [-0.05, 0) is 56.2 Å². The lowest BCUT2D eigenvalue weighted by molar-refractivity contribution is 0.579. The molecule has 0 aromatic heterocycles. The summed E-state index contributed by atoms with van der Waals surface area (Å²) in [7, 11) is -3.47. The Balaban J connectivity index is 1.98. The maximum atomic E-state index is 12.2. The SMILES string of the molecule is CCc1ccc(S(=O)(=O)NCCC2=CCCCC2)cc1N. The van der Waals surface area contributed by atoms with E-state index in [1.54, 1.807) is 18.2 Å². The van der Waals surface area contributed by atoms with Gasteiger partial charge < -0.3 is 5.73 Å². The van der Waals surface area contributed by atoms with Gasteiger partial charge in [0, 0.05) is 12.2 Å². The molecular formula is C16H24N2O2S. The Hall–Kier alpha value is -1.33. The fourth-order valence-electron chi connectivity index (χ4n) is 2.62. The van der Waals surface area contributed by atoms with Crippen molar-refractivity contribution in [2.45, 2.75) is 50.3 Å². The number of hydrogen-bond donors (Lipinski definition) is 2. The predicted molar refractivity (Wildman–Crippen MR) is 86.6 cm³/mol. The maximum absolute atomic E-state index is 12.2. The van der Waals surface area contributed by atoms with Gasteiger partial charge in [0.05, 0.1) is 4.90 Å². The Kier molecular flexibility index (Phi) is 5.42. The molecule has 1 aliphatic carbocycles. The van der Waals surface area contributed by atoms with Gasteiger partial charge in [-0.1, -0.05) is 24.6 Å². The molecule has 0 heterocycles. The number of aryl methyl sites for hydroxylation is 1. The van der Waals surface area contributed by atoms with Gasteiger partial charge in [-0.25, -0.2) is 13.1 Å². The second-order valence-corrected chi connectivity index (χ2v) is 7.24. The number of nitrogens with one attached hydrogen (secondary N) is 1. The van der Waals surface area contributed by atoms with Crippen LogP contribution in [0.5, 0.6) is 0 Å².